The lowest BCUT2D eigenvalue weighted by molar-refractivity contribution is -0.113. The Bertz CT molecular complexity index is 644. The zero-order valence-electron chi connectivity index (χ0n) is 12.6. The molecular formula is C17H17ClFNO2S. The molecule has 2 aromatic rings. The first kappa shape index (κ1) is 17.6. The first-order chi connectivity index (χ1) is 11.1. The summed E-state index contributed by atoms with van der Waals surface area (Å²) in [5.74, 6) is 0.831. The number of benzene rings is 2. The van der Waals surface area contributed by atoms with Crippen LogP contribution < -0.4 is 10.1 Å². The second-order valence-electron chi connectivity index (χ2n) is 4.70. The van der Waals surface area contributed by atoms with Gasteiger partial charge in [0.15, 0.2) is 0 Å². The molecule has 122 valence electrons. The van der Waals surface area contributed by atoms with Crippen molar-refractivity contribution in [2.24, 2.45) is 0 Å². The minimum Gasteiger partial charge on any atom is -0.494 e. The Labute approximate surface area is 144 Å². The normalized spacial score (nSPS) is 10.4. The number of ether oxygens (including phenoxy) is 1. The summed E-state index contributed by atoms with van der Waals surface area (Å²) in [5, 5.41) is 3.16. The van der Waals surface area contributed by atoms with Crippen LogP contribution in [0.2, 0.25) is 5.02 Å². The number of halogens is 2. The van der Waals surface area contributed by atoms with Crippen LogP contribution in [0.5, 0.6) is 5.75 Å². The van der Waals surface area contributed by atoms with Crippen LogP contribution in [0.4, 0.5) is 10.1 Å². The molecule has 0 saturated heterocycles. The maximum absolute atomic E-state index is 13.6. The molecule has 0 saturated carbocycles. The molecule has 0 fully saturated rings. The van der Waals surface area contributed by atoms with Gasteiger partial charge in [-0.3, -0.25) is 4.79 Å². The van der Waals surface area contributed by atoms with Crippen LogP contribution in [0, 0.1) is 5.82 Å². The number of hydrogen-bond donors (Lipinski definition) is 1. The molecule has 0 atom stereocenters. The van der Waals surface area contributed by atoms with Crippen LogP contribution in [0.15, 0.2) is 42.5 Å². The summed E-state index contributed by atoms with van der Waals surface area (Å²) in [6, 6.07) is 11.7. The van der Waals surface area contributed by atoms with Crippen LogP contribution in [0.25, 0.3) is 0 Å². The van der Waals surface area contributed by atoms with Crippen LogP contribution in [0.1, 0.15) is 12.5 Å². The number of rotatable bonds is 7. The third kappa shape index (κ3) is 5.44. The predicted molar refractivity (Wildman–Crippen MR) is 93.8 cm³/mol. The Morgan fingerprint density at radius 3 is 2.65 bits per heavy atom. The molecule has 0 unspecified atom stereocenters. The molecule has 0 radical (unpaired) electrons. The fourth-order valence-electron chi connectivity index (χ4n) is 1.91. The van der Waals surface area contributed by atoms with E-state index in [9.17, 15) is 9.18 Å². The van der Waals surface area contributed by atoms with Gasteiger partial charge in [0.2, 0.25) is 5.91 Å². The van der Waals surface area contributed by atoms with E-state index in [-0.39, 0.29) is 17.5 Å². The van der Waals surface area contributed by atoms with E-state index in [1.165, 1.54) is 17.8 Å². The highest BCUT2D eigenvalue weighted by atomic mass is 35.5. The Morgan fingerprint density at radius 1 is 1.26 bits per heavy atom. The number of anilines is 1. The van der Waals surface area contributed by atoms with E-state index in [1.54, 1.807) is 36.4 Å². The summed E-state index contributed by atoms with van der Waals surface area (Å²) in [5.41, 5.74) is 1.12. The van der Waals surface area contributed by atoms with E-state index in [2.05, 4.69) is 5.32 Å². The van der Waals surface area contributed by atoms with Crippen molar-refractivity contribution >= 4 is 35.0 Å². The lowest BCUT2D eigenvalue weighted by Gasteiger charge is -2.08. The van der Waals surface area contributed by atoms with E-state index in [4.69, 9.17) is 16.3 Å². The maximum Gasteiger partial charge on any atom is 0.234 e. The molecule has 0 aliphatic carbocycles. The molecule has 2 rings (SSSR count). The highest BCUT2D eigenvalue weighted by Gasteiger charge is 2.09. The van der Waals surface area contributed by atoms with Gasteiger partial charge in [0.25, 0.3) is 0 Å². The van der Waals surface area contributed by atoms with Gasteiger partial charge in [0.1, 0.15) is 11.6 Å². The summed E-state index contributed by atoms with van der Waals surface area (Å²) in [4.78, 5) is 11.9. The van der Waals surface area contributed by atoms with Crippen molar-refractivity contribution in [3.8, 4) is 5.75 Å². The molecule has 2 aromatic carbocycles. The van der Waals surface area contributed by atoms with Crippen molar-refractivity contribution in [3.63, 3.8) is 0 Å². The van der Waals surface area contributed by atoms with Gasteiger partial charge in [0, 0.05) is 22.0 Å². The predicted octanol–water partition coefficient (Wildman–Crippen LogP) is 4.75. The van der Waals surface area contributed by atoms with E-state index < -0.39 is 0 Å². The highest BCUT2D eigenvalue weighted by molar-refractivity contribution is 7.99. The number of hydrogen-bond acceptors (Lipinski definition) is 3. The van der Waals surface area contributed by atoms with Crippen LogP contribution in [-0.4, -0.2) is 18.3 Å². The van der Waals surface area contributed by atoms with Gasteiger partial charge in [-0.15, -0.1) is 11.8 Å². The topological polar surface area (TPSA) is 38.3 Å². The summed E-state index contributed by atoms with van der Waals surface area (Å²) >= 11 is 7.26. The molecule has 6 heteroatoms. The van der Waals surface area contributed by atoms with Crippen LogP contribution in [-0.2, 0) is 10.5 Å². The highest BCUT2D eigenvalue weighted by Crippen LogP contribution is 2.24. The van der Waals surface area contributed by atoms with E-state index >= 15 is 0 Å². The first-order valence-electron chi connectivity index (χ1n) is 7.13. The average Bonchev–Trinajstić information content (AvgIpc) is 2.52. The molecule has 1 N–H and O–H groups in total. The molecule has 0 aliphatic heterocycles. The van der Waals surface area contributed by atoms with Crippen molar-refractivity contribution < 1.29 is 13.9 Å². The number of thioether (sulfide) groups is 1. The third-order valence-electron chi connectivity index (χ3n) is 2.99. The molecule has 1 amide bonds. The summed E-state index contributed by atoms with van der Waals surface area (Å²) in [6.07, 6.45) is 0. The minimum atomic E-state index is -0.350. The number of carbonyl (C=O) groups excluding carboxylic acids is 1. The molecule has 0 heterocycles. The molecule has 0 aromatic heterocycles. The van der Waals surface area contributed by atoms with Crippen molar-refractivity contribution in [1.29, 1.82) is 0 Å². The first-order valence-corrected chi connectivity index (χ1v) is 8.66. The van der Waals surface area contributed by atoms with E-state index in [0.717, 1.165) is 5.75 Å². The van der Waals surface area contributed by atoms with Crippen LogP contribution in [0.3, 0.4) is 0 Å². The zero-order chi connectivity index (χ0) is 16.7. The third-order valence-corrected chi connectivity index (χ3v) is 4.30. The molecule has 0 spiro atoms. The number of carbonyl (C=O) groups is 1. The van der Waals surface area contributed by atoms with E-state index in [1.807, 2.05) is 6.92 Å². The molecular weight excluding hydrogens is 337 g/mol. The van der Waals surface area contributed by atoms with Crippen molar-refractivity contribution in [2.75, 3.05) is 17.7 Å². The number of amides is 1. The smallest absolute Gasteiger partial charge is 0.234 e. The van der Waals surface area contributed by atoms with Gasteiger partial charge in [-0.25, -0.2) is 4.39 Å². The largest absolute Gasteiger partial charge is 0.494 e. The SMILES string of the molecule is CCOc1ccc(NC(=O)CSCc2c(F)cccc2Cl)cc1. The lowest BCUT2D eigenvalue weighted by atomic mass is 10.2. The quantitative estimate of drug-likeness (QED) is 0.780. The summed E-state index contributed by atoms with van der Waals surface area (Å²) in [7, 11) is 0. The molecule has 0 bridgehead atoms. The standard InChI is InChI=1S/C17H17ClFNO2S/c1-2-22-13-8-6-12(7-9-13)20-17(21)11-23-10-14-15(18)4-3-5-16(14)19/h3-9H,2,10-11H2,1H3,(H,20,21). The summed E-state index contributed by atoms with van der Waals surface area (Å²) < 4.78 is 18.9. The van der Waals surface area contributed by atoms with Crippen molar-refractivity contribution in [1.82, 2.24) is 0 Å². The Balaban J connectivity index is 1.81. The van der Waals surface area contributed by atoms with Gasteiger partial charge in [-0.2, -0.15) is 0 Å². The maximum atomic E-state index is 13.6. The average molecular weight is 354 g/mol. The van der Waals surface area contributed by atoms with Gasteiger partial charge in [0.05, 0.1) is 12.4 Å². The molecule has 23 heavy (non-hydrogen) atoms. The second kappa shape index (κ2) is 8.79. The van der Waals surface area contributed by atoms with Gasteiger partial charge < -0.3 is 10.1 Å². The van der Waals surface area contributed by atoms with Gasteiger partial charge in [-0.05, 0) is 43.3 Å². The van der Waals surface area contributed by atoms with Gasteiger partial charge in [-0.1, -0.05) is 17.7 Å². The van der Waals surface area contributed by atoms with Crippen molar-refractivity contribution in [2.45, 2.75) is 12.7 Å². The fraction of sp³-hybridized carbons (Fsp3) is 0.235. The fourth-order valence-corrected chi connectivity index (χ4v) is 3.08. The monoisotopic (exact) mass is 353 g/mol. The zero-order valence-corrected chi connectivity index (χ0v) is 14.2. The Hall–Kier alpha value is -1.72. The lowest BCUT2D eigenvalue weighted by Crippen LogP contribution is -2.14. The minimum absolute atomic E-state index is 0.147. The summed E-state index contributed by atoms with van der Waals surface area (Å²) in [6.45, 7) is 2.51. The molecule has 3 nitrogen and oxygen atoms in total. The van der Waals surface area contributed by atoms with Crippen LogP contribution >= 0.6 is 23.4 Å². The Kier molecular flexibility index (Phi) is 6.74. The molecule has 0 aliphatic rings. The number of nitrogens with one attached hydrogen (secondary N) is 1. The van der Waals surface area contributed by atoms with E-state index in [0.29, 0.717) is 28.6 Å². The Morgan fingerprint density at radius 2 is 2.00 bits per heavy atom. The second-order valence-corrected chi connectivity index (χ2v) is 6.09. The van der Waals surface area contributed by atoms with Crippen molar-refractivity contribution in [3.05, 3.63) is 58.9 Å². The van der Waals surface area contributed by atoms with Gasteiger partial charge >= 0.3 is 0 Å².